The Balaban J connectivity index is 2.02. The van der Waals surface area contributed by atoms with Crippen LogP contribution < -0.4 is 5.32 Å². The summed E-state index contributed by atoms with van der Waals surface area (Å²) in [4.78, 5) is 4.26. The van der Waals surface area contributed by atoms with Crippen molar-refractivity contribution in [2.24, 2.45) is 5.92 Å². The van der Waals surface area contributed by atoms with Crippen LogP contribution in [-0.2, 0) is 4.74 Å². The Kier molecular flexibility index (Phi) is 4.05. The summed E-state index contributed by atoms with van der Waals surface area (Å²) in [7, 11) is 0. The lowest BCUT2D eigenvalue weighted by Gasteiger charge is -2.20. The van der Waals surface area contributed by atoms with E-state index in [0.29, 0.717) is 17.0 Å². The third-order valence-electron chi connectivity index (χ3n) is 2.84. The molecule has 3 nitrogen and oxygen atoms in total. The molecular formula is C11H14BrClN2O. The molecule has 2 heterocycles. The van der Waals surface area contributed by atoms with Crippen LogP contribution in [0.1, 0.15) is 13.3 Å². The van der Waals surface area contributed by atoms with Crippen molar-refractivity contribution in [3.63, 3.8) is 0 Å². The van der Waals surface area contributed by atoms with Crippen molar-refractivity contribution in [2.75, 3.05) is 18.5 Å². The number of pyridine rings is 1. The lowest BCUT2D eigenvalue weighted by atomic mass is 10.0. The summed E-state index contributed by atoms with van der Waals surface area (Å²) >= 11 is 9.43. The summed E-state index contributed by atoms with van der Waals surface area (Å²) in [5.74, 6) is 1.28. The standard InChI is InChI=1S/C11H14BrClN2O/c1-7(8-2-3-16-6-8)15-11-10(13)4-9(12)5-14-11/h4-5,7-8H,2-3,6H2,1H3,(H,14,15). The maximum Gasteiger partial charge on any atom is 0.145 e. The average molecular weight is 306 g/mol. The smallest absolute Gasteiger partial charge is 0.145 e. The van der Waals surface area contributed by atoms with Gasteiger partial charge in [-0.15, -0.1) is 0 Å². The van der Waals surface area contributed by atoms with E-state index in [9.17, 15) is 0 Å². The van der Waals surface area contributed by atoms with Crippen molar-refractivity contribution in [2.45, 2.75) is 19.4 Å². The molecule has 0 saturated carbocycles. The van der Waals surface area contributed by atoms with Crippen LogP contribution in [0.4, 0.5) is 5.82 Å². The van der Waals surface area contributed by atoms with E-state index in [1.807, 2.05) is 6.07 Å². The van der Waals surface area contributed by atoms with Crippen molar-refractivity contribution >= 4 is 33.3 Å². The first kappa shape index (κ1) is 12.1. The summed E-state index contributed by atoms with van der Waals surface area (Å²) in [6.07, 6.45) is 2.84. The van der Waals surface area contributed by atoms with Gasteiger partial charge in [-0.3, -0.25) is 0 Å². The summed E-state index contributed by atoms with van der Waals surface area (Å²) in [5.41, 5.74) is 0. The maximum atomic E-state index is 6.09. The van der Waals surface area contributed by atoms with E-state index in [4.69, 9.17) is 16.3 Å². The highest BCUT2D eigenvalue weighted by Crippen LogP contribution is 2.26. The molecule has 2 rings (SSSR count). The predicted octanol–water partition coefficient (Wildman–Crippen LogP) is 3.33. The lowest BCUT2D eigenvalue weighted by Crippen LogP contribution is -2.26. The highest BCUT2D eigenvalue weighted by atomic mass is 79.9. The number of rotatable bonds is 3. The monoisotopic (exact) mass is 304 g/mol. The highest BCUT2D eigenvalue weighted by Gasteiger charge is 2.22. The Morgan fingerprint density at radius 3 is 3.12 bits per heavy atom. The second-order valence-electron chi connectivity index (χ2n) is 4.04. The van der Waals surface area contributed by atoms with E-state index in [2.05, 4.69) is 33.2 Å². The molecule has 1 aliphatic heterocycles. The van der Waals surface area contributed by atoms with Crippen LogP contribution in [0.5, 0.6) is 0 Å². The first-order valence-electron chi connectivity index (χ1n) is 5.32. The molecule has 5 heteroatoms. The van der Waals surface area contributed by atoms with Crippen molar-refractivity contribution in [1.29, 1.82) is 0 Å². The van der Waals surface area contributed by atoms with Crippen LogP contribution in [0.15, 0.2) is 16.7 Å². The minimum atomic E-state index is 0.327. The number of halogens is 2. The zero-order valence-electron chi connectivity index (χ0n) is 9.04. The van der Waals surface area contributed by atoms with Gasteiger partial charge in [0, 0.05) is 29.2 Å². The van der Waals surface area contributed by atoms with Crippen LogP contribution >= 0.6 is 27.5 Å². The van der Waals surface area contributed by atoms with Crippen LogP contribution in [0.2, 0.25) is 5.02 Å². The third kappa shape index (κ3) is 2.87. The lowest BCUT2D eigenvalue weighted by molar-refractivity contribution is 0.183. The predicted molar refractivity (Wildman–Crippen MR) is 69.0 cm³/mol. The molecule has 2 unspecified atom stereocenters. The van der Waals surface area contributed by atoms with E-state index in [0.717, 1.165) is 29.9 Å². The number of nitrogens with one attached hydrogen (secondary N) is 1. The van der Waals surface area contributed by atoms with Gasteiger partial charge in [-0.2, -0.15) is 0 Å². The number of aromatic nitrogens is 1. The number of anilines is 1. The van der Waals surface area contributed by atoms with Gasteiger partial charge in [0.25, 0.3) is 0 Å². The van der Waals surface area contributed by atoms with Crippen molar-refractivity contribution in [3.8, 4) is 0 Å². The minimum absolute atomic E-state index is 0.327. The highest BCUT2D eigenvalue weighted by molar-refractivity contribution is 9.10. The van der Waals surface area contributed by atoms with Gasteiger partial charge in [0.1, 0.15) is 5.82 Å². The van der Waals surface area contributed by atoms with Crippen LogP contribution in [-0.4, -0.2) is 24.2 Å². The molecule has 1 aromatic rings. The van der Waals surface area contributed by atoms with Gasteiger partial charge >= 0.3 is 0 Å². The van der Waals surface area contributed by atoms with Gasteiger partial charge in [-0.1, -0.05) is 11.6 Å². The Labute approximate surface area is 109 Å². The van der Waals surface area contributed by atoms with Crippen molar-refractivity contribution < 1.29 is 4.74 Å². The molecule has 1 aliphatic rings. The summed E-state index contributed by atoms with van der Waals surface area (Å²) < 4.78 is 6.25. The number of ether oxygens (including phenoxy) is 1. The molecule has 1 saturated heterocycles. The molecule has 88 valence electrons. The fourth-order valence-corrected chi connectivity index (χ4v) is 2.49. The third-order valence-corrected chi connectivity index (χ3v) is 3.57. The van der Waals surface area contributed by atoms with Gasteiger partial charge < -0.3 is 10.1 Å². The van der Waals surface area contributed by atoms with Crippen LogP contribution in [0.3, 0.4) is 0 Å². The zero-order valence-corrected chi connectivity index (χ0v) is 11.4. The Morgan fingerprint density at radius 1 is 1.69 bits per heavy atom. The second kappa shape index (κ2) is 5.34. The van der Waals surface area contributed by atoms with Gasteiger partial charge in [0.2, 0.25) is 0 Å². The van der Waals surface area contributed by atoms with Crippen LogP contribution in [0.25, 0.3) is 0 Å². The fraction of sp³-hybridized carbons (Fsp3) is 0.545. The van der Waals surface area contributed by atoms with E-state index in [1.54, 1.807) is 6.20 Å². The van der Waals surface area contributed by atoms with E-state index >= 15 is 0 Å². The molecule has 1 aromatic heterocycles. The number of hydrogen-bond donors (Lipinski definition) is 1. The molecule has 0 aromatic carbocycles. The molecule has 0 bridgehead atoms. The Morgan fingerprint density at radius 2 is 2.50 bits per heavy atom. The normalized spacial score (nSPS) is 22.1. The van der Waals surface area contributed by atoms with Gasteiger partial charge in [0.15, 0.2) is 0 Å². The topological polar surface area (TPSA) is 34.2 Å². The van der Waals surface area contributed by atoms with Crippen molar-refractivity contribution in [1.82, 2.24) is 4.98 Å². The molecular weight excluding hydrogens is 291 g/mol. The van der Waals surface area contributed by atoms with Crippen molar-refractivity contribution in [3.05, 3.63) is 21.8 Å². The van der Waals surface area contributed by atoms with E-state index in [1.165, 1.54) is 0 Å². The van der Waals surface area contributed by atoms with E-state index in [-0.39, 0.29) is 0 Å². The van der Waals surface area contributed by atoms with Gasteiger partial charge in [-0.05, 0) is 35.3 Å². The quantitative estimate of drug-likeness (QED) is 0.930. The molecule has 0 amide bonds. The SMILES string of the molecule is CC(Nc1ncc(Br)cc1Cl)C1CCOC1. The summed E-state index contributed by atoms with van der Waals surface area (Å²) in [5, 5.41) is 3.97. The second-order valence-corrected chi connectivity index (χ2v) is 5.36. The minimum Gasteiger partial charge on any atom is -0.381 e. The first-order chi connectivity index (χ1) is 7.66. The molecule has 2 atom stereocenters. The largest absolute Gasteiger partial charge is 0.381 e. The summed E-state index contributed by atoms with van der Waals surface area (Å²) in [6.45, 7) is 3.82. The van der Waals surface area contributed by atoms with Gasteiger partial charge in [-0.25, -0.2) is 4.98 Å². The maximum absolute atomic E-state index is 6.09. The fourth-order valence-electron chi connectivity index (χ4n) is 1.80. The van der Waals surface area contributed by atoms with Gasteiger partial charge in [0.05, 0.1) is 11.6 Å². The molecule has 1 N–H and O–H groups in total. The van der Waals surface area contributed by atoms with E-state index < -0.39 is 0 Å². The first-order valence-corrected chi connectivity index (χ1v) is 6.49. The Bertz CT molecular complexity index is 369. The van der Waals surface area contributed by atoms with Crippen LogP contribution in [0, 0.1) is 5.92 Å². The molecule has 0 radical (unpaired) electrons. The zero-order chi connectivity index (χ0) is 11.5. The Hall–Kier alpha value is -0.320. The molecule has 16 heavy (non-hydrogen) atoms. The molecule has 1 fully saturated rings. The number of hydrogen-bond acceptors (Lipinski definition) is 3. The average Bonchev–Trinajstić information content (AvgIpc) is 2.75. The molecule has 0 aliphatic carbocycles. The molecule has 0 spiro atoms. The number of nitrogens with zero attached hydrogens (tertiary/aromatic N) is 1. The summed E-state index contributed by atoms with van der Waals surface area (Å²) in [6, 6.07) is 2.17.